The summed E-state index contributed by atoms with van der Waals surface area (Å²) in [4.78, 5) is 0. The minimum Gasteiger partial charge on any atom is -0.347 e. The molecule has 104 valence electrons. The summed E-state index contributed by atoms with van der Waals surface area (Å²) in [7, 11) is -2.71. The summed E-state index contributed by atoms with van der Waals surface area (Å²) in [5, 5.41) is 0.415. The maximum absolute atomic E-state index is 4.32. The molecule has 0 saturated carbocycles. The average molecular weight is 280 g/mol. The van der Waals surface area contributed by atoms with Gasteiger partial charge < -0.3 is 11.2 Å². The summed E-state index contributed by atoms with van der Waals surface area (Å²) in [6.45, 7) is 29.7. The van der Waals surface area contributed by atoms with Crippen molar-refractivity contribution >= 4 is 16.5 Å². The first-order valence-corrected chi connectivity index (χ1v) is 13.1. The summed E-state index contributed by atoms with van der Waals surface area (Å²) in [5.41, 5.74) is 0.149. The van der Waals surface area contributed by atoms with Gasteiger partial charge in [0, 0.05) is 0 Å². The fourth-order valence-electron chi connectivity index (χ4n) is 2.11. The smallest absolute Gasteiger partial charge is 0.347 e. The predicted molar refractivity (Wildman–Crippen MR) is 86.4 cm³/mol. The van der Waals surface area contributed by atoms with Crippen molar-refractivity contribution in [3.05, 3.63) is 6.92 Å². The van der Waals surface area contributed by atoms with Crippen molar-refractivity contribution in [2.45, 2.75) is 72.4 Å². The van der Waals surface area contributed by atoms with Gasteiger partial charge in [-0.1, -0.05) is 67.4 Å². The fourth-order valence-corrected chi connectivity index (χ4v) is 12.4. The van der Waals surface area contributed by atoms with Gasteiger partial charge in [-0.25, -0.2) is 0 Å². The minimum absolute atomic E-state index is 0. The summed E-state index contributed by atoms with van der Waals surface area (Å²) in [6.07, 6.45) is 0. The molecule has 0 amide bonds. The number of rotatable bonds is 4. The van der Waals surface area contributed by atoms with Crippen LogP contribution in [0.25, 0.3) is 0 Å². The van der Waals surface area contributed by atoms with Crippen molar-refractivity contribution < 1.29 is 18.9 Å². The molecule has 0 aromatic carbocycles. The molecular weight excluding hydrogens is 245 g/mol. The van der Waals surface area contributed by atoms with Crippen LogP contribution in [-0.2, 0) is 0 Å². The van der Waals surface area contributed by atoms with Gasteiger partial charge in [0.15, 0.2) is 0 Å². The normalized spacial score (nSPS) is 14.7. The standard InChI is InChI=1S/C14H34NSi2.Li/c1-13(2,3)12-15(16(7,8)9)17(10,11)14(4,5)6;/h1,12H2,2-11H3;/q-1;+1. The largest absolute Gasteiger partial charge is 1.00 e. The van der Waals surface area contributed by atoms with Gasteiger partial charge in [-0.2, -0.15) is 5.41 Å². The molecule has 0 N–H and O–H groups in total. The molecule has 0 aliphatic carbocycles. The SMILES string of the molecule is [CH2-]C(C)(C)CN([Si](C)(C)C)[Si](C)(C)C(C)(C)C.[Li+]. The first-order chi connectivity index (χ1) is 7.09. The second-order valence-corrected chi connectivity index (χ2v) is 19.2. The van der Waals surface area contributed by atoms with Gasteiger partial charge >= 0.3 is 18.9 Å². The molecule has 0 bridgehead atoms. The van der Waals surface area contributed by atoms with Crippen molar-refractivity contribution in [1.82, 2.24) is 4.23 Å². The van der Waals surface area contributed by atoms with E-state index in [1.165, 1.54) is 0 Å². The Kier molecular flexibility index (Phi) is 7.31. The number of nitrogens with zero attached hydrogens (tertiary/aromatic N) is 1. The van der Waals surface area contributed by atoms with E-state index in [1.54, 1.807) is 0 Å². The minimum atomic E-state index is -1.42. The summed E-state index contributed by atoms with van der Waals surface area (Å²) >= 11 is 0. The van der Waals surface area contributed by atoms with Gasteiger partial charge in [0.1, 0.15) is 16.5 Å². The molecular formula is C14H34LiNSi2. The van der Waals surface area contributed by atoms with E-state index < -0.39 is 16.5 Å². The van der Waals surface area contributed by atoms with E-state index in [4.69, 9.17) is 0 Å². The van der Waals surface area contributed by atoms with E-state index in [9.17, 15) is 0 Å². The Labute approximate surface area is 130 Å². The average Bonchev–Trinajstić information content (AvgIpc) is 1.93. The van der Waals surface area contributed by atoms with Crippen LogP contribution in [-0.4, -0.2) is 27.2 Å². The molecule has 4 heteroatoms. The second-order valence-electron chi connectivity index (χ2n) is 8.73. The van der Waals surface area contributed by atoms with Crippen LogP contribution in [0.1, 0.15) is 34.6 Å². The maximum atomic E-state index is 4.32. The molecule has 0 heterocycles. The fraction of sp³-hybridized carbons (Fsp3) is 0.929. The van der Waals surface area contributed by atoms with Crippen LogP contribution < -0.4 is 18.9 Å². The molecule has 0 saturated heterocycles. The Balaban J connectivity index is 0. The van der Waals surface area contributed by atoms with Crippen molar-refractivity contribution in [1.29, 1.82) is 0 Å². The molecule has 0 aromatic rings. The van der Waals surface area contributed by atoms with Crippen LogP contribution >= 0.6 is 0 Å². The van der Waals surface area contributed by atoms with Gasteiger partial charge in [-0.05, 0) is 11.6 Å². The predicted octanol–water partition coefficient (Wildman–Crippen LogP) is 1.99. The molecule has 0 aliphatic heterocycles. The monoisotopic (exact) mass is 279 g/mol. The molecule has 18 heavy (non-hydrogen) atoms. The first-order valence-electron chi connectivity index (χ1n) is 6.72. The Morgan fingerprint density at radius 2 is 1.22 bits per heavy atom. The summed E-state index contributed by atoms with van der Waals surface area (Å²) in [5.74, 6) is 0. The zero-order chi connectivity index (χ0) is 14.3. The summed E-state index contributed by atoms with van der Waals surface area (Å²) in [6, 6.07) is 0. The first kappa shape index (κ1) is 21.3. The Morgan fingerprint density at radius 3 is 1.39 bits per heavy atom. The van der Waals surface area contributed by atoms with E-state index in [-0.39, 0.29) is 24.3 Å². The molecule has 0 atom stereocenters. The second kappa shape index (κ2) is 6.18. The zero-order valence-electron chi connectivity index (χ0n) is 14.9. The van der Waals surface area contributed by atoms with E-state index in [0.29, 0.717) is 5.04 Å². The van der Waals surface area contributed by atoms with Crippen LogP contribution in [0.2, 0.25) is 37.8 Å². The number of hydrogen-bond donors (Lipinski definition) is 0. The van der Waals surface area contributed by atoms with Gasteiger partial charge in [-0.3, -0.25) is 0 Å². The Bertz CT molecular complexity index is 256. The van der Waals surface area contributed by atoms with Crippen molar-refractivity contribution in [3.8, 4) is 0 Å². The van der Waals surface area contributed by atoms with Gasteiger partial charge in [0.25, 0.3) is 0 Å². The van der Waals surface area contributed by atoms with Crippen molar-refractivity contribution in [3.63, 3.8) is 0 Å². The summed E-state index contributed by atoms with van der Waals surface area (Å²) < 4.78 is 2.88. The maximum Gasteiger partial charge on any atom is 1.00 e. The molecule has 0 rings (SSSR count). The van der Waals surface area contributed by atoms with Crippen LogP contribution in [0.15, 0.2) is 0 Å². The Hall–Kier alpha value is 0.991. The molecule has 0 unspecified atom stereocenters. The van der Waals surface area contributed by atoms with Gasteiger partial charge in [-0.15, -0.1) is 0 Å². The van der Waals surface area contributed by atoms with E-state index in [2.05, 4.69) is 78.5 Å². The molecule has 0 spiro atoms. The Morgan fingerprint density at radius 1 is 0.889 bits per heavy atom. The van der Waals surface area contributed by atoms with E-state index in [1.807, 2.05) is 0 Å². The van der Waals surface area contributed by atoms with Gasteiger partial charge in [0.2, 0.25) is 0 Å². The molecule has 1 nitrogen and oxygen atoms in total. The van der Waals surface area contributed by atoms with Crippen LogP contribution in [0.3, 0.4) is 0 Å². The topological polar surface area (TPSA) is 3.24 Å². The third-order valence-electron chi connectivity index (χ3n) is 3.91. The van der Waals surface area contributed by atoms with Crippen molar-refractivity contribution in [2.24, 2.45) is 5.41 Å². The third kappa shape index (κ3) is 5.96. The van der Waals surface area contributed by atoms with Crippen LogP contribution in [0.4, 0.5) is 0 Å². The molecule has 0 aromatic heterocycles. The zero-order valence-corrected chi connectivity index (χ0v) is 16.9. The number of hydrogen-bond acceptors (Lipinski definition) is 1. The molecule has 0 fully saturated rings. The van der Waals surface area contributed by atoms with Crippen LogP contribution in [0, 0.1) is 12.3 Å². The third-order valence-corrected chi connectivity index (χ3v) is 14.6. The van der Waals surface area contributed by atoms with Crippen molar-refractivity contribution in [2.75, 3.05) is 6.54 Å². The van der Waals surface area contributed by atoms with Gasteiger partial charge in [0.05, 0.1) is 0 Å². The molecule has 0 radical (unpaired) electrons. The quantitative estimate of drug-likeness (QED) is 0.562. The van der Waals surface area contributed by atoms with Crippen LogP contribution in [0.5, 0.6) is 0 Å². The molecule has 0 aliphatic rings. The van der Waals surface area contributed by atoms with E-state index in [0.717, 1.165) is 6.54 Å². The van der Waals surface area contributed by atoms with E-state index >= 15 is 0 Å².